The minimum Gasteiger partial charge on any atom is -0.481 e. The average molecular weight is 193 g/mol. The van der Waals surface area contributed by atoms with Crippen LogP contribution in [-0.4, -0.2) is 33.4 Å². The number of pyridine rings is 1. The first-order valence-corrected chi connectivity index (χ1v) is 3.85. The highest BCUT2D eigenvalue weighted by molar-refractivity contribution is 5.99. The van der Waals surface area contributed by atoms with Gasteiger partial charge < -0.3 is 9.84 Å². The van der Waals surface area contributed by atoms with Crippen LogP contribution in [0.5, 0.6) is 5.88 Å². The summed E-state index contributed by atoms with van der Waals surface area (Å²) >= 11 is 0. The molecule has 0 saturated heterocycles. The van der Waals surface area contributed by atoms with Crippen LogP contribution in [0.1, 0.15) is 10.5 Å². The molecule has 0 aromatic carbocycles. The molecular formula is C8H7N3O3. The lowest BCUT2D eigenvalue weighted by molar-refractivity contribution is 0.0692. The lowest BCUT2D eigenvalue weighted by atomic mass is 10.2. The standard InChI is InChI=1S/C8H7N3O3/c1-14-5-3-2-4-6(8(12)13)10-11-7(4)9-5/h2-3H,1H3,(H,12,13)(H,9,10,11). The Balaban J connectivity index is 2.65. The van der Waals surface area contributed by atoms with E-state index in [0.29, 0.717) is 16.9 Å². The molecule has 2 N–H and O–H groups in total. The summed E-state index contributed by atoms with van der Waals surface area (Å²) in [4.78, 5) is 14.7. The monoisotopic (exact) mass is 193 g/mol. The molecule has 14 heavy (non-hydrogen) atoms. The van der Waals surface area contributed by atoms with E-state index in [1.54, 1.807) is 12.1 Å². The first-order chi connectivity index (χ1) is 6.72. The Hall–Kier alpha value is -2.11. The van der Waals surface area contributed by atoms with Crippen LogP contribution in [0.2, 0.25) is 0 Å². The van der Waals surface area contributed by atoms with Crippen LogP contribution >= 0.6 is 0 Å². The van der Waals surface area contributed by atoms with Crippen molar-refractivity contribution in [1.82, 2.24) is 15.2 Å². The number of methoxy groups -OCH3 is 1. The molecule has 0 unspecified atom stereocenters. The Morgan fingerprint density at radius 1 is 1.57 bits per heavy atom. The molecule has 0 aliphatic carbocycles. The molecule has 6 heteroatoms. The molecule has 72 valence electrons. The maximum Gasteiger partial charge on any atom is 0.354 e. The van der Waals surface area contributed by atoms with Crippen molar-refractivity contribution in [2.45, 2.75) is 0 Å². The number of fused-ring (bicyclic) bond motifs is 1. The number of hydrogen-bond donors (Lipinski definition) is 2. The van der Waals surface area contributed by atoms with Gasteiger partial charge >= 0.3 is 5.97 Å². The number of nitrogens with zero attached hydrogens (tertiary/aromatic N) is 2. The zero-order chi connectivity index (χ0) is 10.1. The summed E-state index contributed by atoms with van der Waals surface area (Å²) in [6.45, 7) is 0. The maximum atomic E-state index is 10.7. The lowest BCUT2D eigenvalue weighted by Gasteiger charge is -1.96. The molecule has 0 radical (unpaired) electrons. The van der Waals surface area contributed by atoms with Gasteiger partial charge in [0.1, 0.15) is 0 Å². The third-order valence-electron chi connectivity index (χ3n) is 1.82. The minimum absolute atomic E-state index is 0.0372. The van der Waals surface area contributed by atoms with E-state index in [2.05, 4.69) is 15.2 Å². The highest BCUT2D eigenvalue weighted by Crippen LogP contribution is 2.17. The van der Waals surface area contributed by atoms with Crippen LogP contribution in [0.25, 0.3) is 11.0 Å². The van der Waals surface area contributed by atoms with Gasteiger partial charge in [0.2, 0.25) is 5.88 Å². The van der Waals surface area contributed by atoms with Gasteiger partial charge in [0.05, 0.1) is 12.5 Å². The summed E-state index contributed by atoms with van der Waals surface area (Å²) in [5.74, 6) is -0.652. The van der Waals surface area contributed by atoms with E-state index >= 15 is 0 Å². The van der Waals surface area contributed by atoms with Crippen LogP contribution in [-0.2, 0) is 0 Å². The second-order valence-corrected chi connectivity index (χ2v) is 2.63. The van der Waals surface area contributed by atoms with Gasteiger partial charge in [-0.3, -0.25) is 5.10 Å². The number of hydrogen-bond acceptors (Lipinski definition) is 4. The van der Waals surface area contributed by atoms with Crippen LogP contribution in [0.15, 0.2) is 12.1 Å². The molecule has 0 spiro atoms. The topological polar surface area (TPSA) is 88.1 Å². The Kier molecular flexibility index (Phi) is 1.81. The van der Waals surface area contributed by atoms with Crippen molar-refractivity contribution >= 4 is 17.0 Å². The average Bonchev–Trinajstić information content (AvgIpc) is 2.59. The molecule has 2 rings (SSSR count). The summed E-state index contributed by atoms with van der Waals surface area (Å²) in [7, 11) is 1.49. The van der Waals surface area contributed by atoms with Crippen molar-refractivity contribution in [3.63, 3.8) is 0 Å². The van der Waals surface area contributed by atoms with Gasteiger partial charge in [-0.25, -0.2) is 4.79 Å². The molecule has 0 aliphatic heterocycles. The zero-order valence-electron chi connectivity index (χ0n) is 7.31. The molecule has 0 atom stereocenters. The van der Waals surface area contributed by atoms with E-state index < -0.39 is 5.97 Å². The minimum atomic E-state index is -1.06. The predicted octanol–water partition coefficient (Wildman–Crippen LogP) is 0.665. The molecule has 0 bridgehead atoms. The molecule has 0 fully saturated rings. The molecule has 0 saturated carbocycles. The van der Waals surface area contributed by atoms with E-state index in [9.17, 15) is 4.79 Å². The number of carboxylic acid groups (broad SMARTS) is 1. The van der Waals surface area contributed by atoms with Crippen LogP contribution in [0.4, 0.5) is 0 Å². The maximum absolute atomic E-state index is 10.7. The fourth-order valence-corrected chi connectivity index (χ4v) is 1.16. The van der Waals surface area contributed by atoms with E-state index in [1.807, 2.05) is 0 Å². The van der Waals surface area contributed by atoms with Crippen LogP contribution in [0.3, 0.4) is 0 Å². The van der Waals surface area contributed by atoms with Crippen molar-refractivity contribution in [2.24, 2.45) is 0 Å². The Morgan fingerprint density at radius 2 is 2.36 bits per heavy atom. The van der Waals surface area contributed by atoms with Crippen molar-refractivity contribution in [2.75, 3.05) is 7.11 Å². The normalized spacial score (nSPS) is 10.4. The number of H-pyrrole nitrogens is 1. The Morgan fingerprint density at radius 3 is 3.00 bits per heavy atom. The third kappa shape index (κ3) is 1.17. The van der Waals surface area contributed by atoms with Gasteiger partial charge in [-0.1, -0.05) is 0 Å². The third-order valence-corrected chi connectivity index (χ3v) is 1.82. The van der Waals surface area contributed by atoms with Gasteiger partial charge in [0, 0.05) is 6.07 Å². The number of ether oxygens (including phenoxy) is 1. The van der Waals surface area contributed by atoms with Gasteiger partial charge in [-0.05, 0) is 6.07 Å². The smallest absolute Gasteiger partial charge is 0.354 e. The number of aromatic carboxylic acids is 1. The zero-order valence-corrected chi connectivity index (χ0v) is 7.31. The summed E-state index contributed by atoms with van der Waals surface area (Å²) in [5, 5.41) is 15.4. The van der Waals surface area contributed by atoms with Crippen molar-refractivity contribution in [3.8, 4) is 5.88 Å². The Bertz CT molecular complexity index is 492. The first-order valence-electron chi connectivity index (χ1n) is 3.85. The van der Waals surface area contributed by atoms with E-state index in [0.717, 1.165) is 0 Å². The number of nitrogens with one attached hydrogen (secondary N) is 1. The van der Waals surface area contributed by atoms with Gasteiger partial charge in [-0.15, -0.1) is 0 Å². The fourth-order valence-electron chi connectivity index (χ4n) is 1.16. The number of rotatable bonds is 2. The summed E-state index contributed by atoms with van der Waals surface area (Å²) in [6, 6.07) is 3.19. The summed E-state index contributed by atoms with van der Waals surface area (Å²) in [5.41, 5.74) is 0.372. The van der Waals surface area contributed by atoms with Crippen molar-refractivity contribution in [3.05, 3.63) is 17.8 Å². The fraction of sp³-hybridized carbons (Fsp3) is 0.125. The Labute approximate surface area is 78.5 Å². The molecule has 2 aromatic rings. The van der Waals surface area contributed by atoms with E-state index in [4.69, 9.17) is 9.84 Å². The molecule has 0 aliphatic rings. The molecule has 2 aromatic heterocycles. The molecule has 6 nitrogen and oxygen atoms in total. The lowest BCUT2D eigenvalue weighted by Crippen LogP contribution is -1.96. The van der Waals surface area contributed by atoms with E-state index in [1.165, 1.54) is 7.11 Å². The van der Waals surface area contributed by atoms with Crippen molar-refractivity contribution < 1.29 is 14.6 Å². The number of carbonyl (C=O) groups is 1. The SMILES string of the molecule is COc1ccc2c(C(=O)O)[nH]nc2n1. The highest BCUT2D eigenvalue weighted by Gasteiger charge is 2.12. The van der Waals surface area contributed by atoms with Crippen molar-refractivity contribution in [1.29, 1.82) is 0 Å². The number of aromatic amines is 1. The number of carboxylic acids is 1. The molecular weight excluding hydrogens is 186 g/mol. The van der Waals surface area contributed by atoms with Gasteiger partial charge in [0.25, 0.3) is 0 Å². The molecule has 2 heterocycles. The van der Waals surface area contributed by atoms with Crippen LogP contribution < -0.4 is 4.74 Å². The quantitative estimate of drug-likeness (QED) is 0.731. The van der Waals surface area contributed by atoms with Gasteiger partial charge in [-0.2, -0.15) is 10.1 Å². The highest BCUT2D eigenvalue weighted by atomic mass is 16.5. The second kappa shape index (κ2) is 2.99. The molecule has 0 amide bonds. The summed E-state index contributed by atoms with van der Waals surface area (Å²) < 4.78 is 4.88. The predicted molar refractivity (Wildman–Crippen MR) is 47.4 cm³/mol. The number of aromatic nitrogens is 3. The first kappa shape index (κ1) is 8.49. The summed E-state index contributed by atoms with van der Waals surface area (Å²) in [6.07, 6.45) is 0. The van der Waals surface area contributed by atoms with Gasteiger partial charge in [0.15, 0.2) is 11.3 Å². The van der Waals surface area contributed by atoms with E-state index in [-0.39, 0.29) is 5.69 Å². The van der Waals surface area contributed by atoms with Crippen LogP contribution in [0, 0.1) is 0 Å². The second-order valence-electron chi connectivity index (χ2n) is 2.63. The largest absolute Gasteiger partial charge is 0.481 e.